The van der Waals surface area contributed by atoms with Crippen molar-refractivity contribution in [3.63, 3.8) is 0 Å². The van der Waals surface area contributed by atoms with Crippen LogP contribution < -0.4 is 0 Å². The van der Waals surface area contributed by atoms with Crippen LogP contribution >= 0.6 is 0 Å². The van der Waals surface area contributed by atoms with E-state index in [1.807, 2.05) is 6.92 Å². The minimum atomic E-state index is -0.572. The zero-order chi connectivity index (χ0) is 14.8. The van der Waals surface area contributed by atoms with Crippen molar-refractivity contribution in [2.75, 3.05) is 7.11 Å². The first-order chi connectivity index (χ1) is 8.90. The van der Waals surface area contributed by atoms with E-state index in [0.29, 0.717) is 5.76 Å². The fourth-order valence-corrected chi connectivity index (χ4v) is 0.877. The zero-order valence-electron chi connectivity index (χ0n) is 11.6. The minimum Gasteiger partial charge on any atom is -0.497 e. The van der Waals surface area contributed by atoms with E-state index in [0.717, 1.165) is 12.0 Å². The second-order valence-electron chi connectivity index (χ2n) is 3.73. The van der Waals surface area contributed by atoms with Crippen LogP contribution in [0.3, 0.4) is 0 Å². The normalized spacial score (nSPS) is 10.4. The highest BCUT2D eigenvalue weighted by molar-refractivity contribution is 5.91. The third-order valence-electron chi connectivity index (χ3n) is 2.18. The maximum absolute atomic E-state index is 11.6. The molecule has 3 nitrogen and oxygen atoms in total. The van der Waals surface area contributed by atoms with Crippen LogP contribution in [0.2, 0.25) is 0 Å². The first-order valence-electron chi connectivity index (χ1n) is 5.77. The zero-order valence-corrected chi connectivity index (χ0v) is 11.6. The van der Waals surface area contributed by atoms with Crippen molar-refractivity contribution < 1.29 is 14.3 Å². The average Bonchev–Trinajstić information content (AvgIpc) is 2.41. The summed E-state index contributed by atoms with van der Waals surface area (Å²) in [5, 5.41) is 0. The summed E-state index contributed by atoms with van der Waals surface area (Å²) in [7, 11) is 1.49. The van der Waals surface area contributed by atoms with Gasteiger partial charge in [-0.1, -0.05) is 44.9 Å². The van der Waals surface area contributed by atoms with E-state index < -0.39 is 5.97 Å². The molecule has 0 aliphatic carbocycles. The van der Waals surface area contributed by atoms with Crippen molar-refractivity contribution in [2.24, 2.45) is 0 Å². The molecule has 0 aromatic rings. The molecule has 0 bridgehead atoms. The lowest BCUT2D eigenvalue weighted by Crippen LogP contribution is -2.04. The predicted molar refractivity (Wildman–Crippen MR) is 78.2 cm³/mol. The highest BCUT2D eigenvalue weighted by Crippen LogP contribution is 2.07. The summed E-state index contributed by atoms with van der Waals surface area (Å²) in [5.74, 6) is 0.0866. The van der Waals surface area contributed by atoms with Crippen LogP contribution in [0.4, 0.5) is 0 Å². The Balaban J connectivity index is 4.38. The highest BCUT2D eigenvalue weighted by atomic mass is 16.5. The lowest BCUT2D eigenvalue weighted by molar-refractivity contribution is -0.134. The summed E-state index contributed by atoms with van der Waals surface area (Å²) in [6, 6.07) is 0. The molecule has 0 aromatic heterocycles. The molecule has 0 amide bonds. The molecule has 0 radical (unpaired) electrons. The van der Waals surface area contributed by atoms with Crippen LogP contribution in [-0.2, 0) is 14.3 Å². The molecular weight excluding hydrogens is 240 g/mol. The third kappa shape index (κ3) is 7.60. The van der Waals surface area contributed by atoms with Crippen molar-refractivity contribution in [3.05, 3.63) is 73.3 Å². The monoisotopic (exact) mass is 260 g/mol. The number of hydrogen-bond donors (Lipinski definition) is 0. The maximum Gasteiger partial charge on any atom is 0.342 e. The predicted octanol–water partition coefficient (Wildman–Crippen LogP) is 3.84. The van der Waals surface area contributed by atoms with Gasteiger partial charge in [-0.05, 0) is 24.6 Å². The topological polar surface area (TPSA) is 35.5 Å². The Labute approximate surface area is 114 Å². The first-order valence-corrected chi connectivity index (χ1v) is 5.77. The number of carbonyl (C=O) groups is 1. The second-order valence-corrected chi connectivity index (χ2v) is 3.73. The number of methoxy groups -OCH3 is 1. The lowest BCUT2D eigenvalue weighted by Gasteiger charge is -2.03. The first kappa shape index (κ1) is 16.7. The van der Waals surface area contributed by atoms with Gasteiger partial charge in [0.15, 0.2) is 0 Å². The van der Waals surface area contributed by atoms with Gasteiger partial charge in [-0.3, -0.25) is 0 Å². The van der Waals surface area contributed by atoms with Gasteiger partial charge in [-0.25, -0.2) is 4.79 Å². The van der Waals surface area contributed by atoms with Crippen molar-refractivity contribution in [2.45, 2.75) is 13.3 Å². The van der Waals surface area contributed by atoms with Gasteiger partial charge >= 0.3 is 5.97 Å². The number of hydrogen-bond acceptors (Lipinski definition) is 3. The Hall–Kier alpha value is -2.29. The number of ether oxygens (including phenoxy) is 2. The SMILES string of the molecule is C=C(/C=C\C(=C)OC(=O)C(=C)/C=C\C(=C)OC)CC. The molecule has 0 aromatic carbocycles. The molecule has 0 aliphatic rings. The summed E-state index contributed by atoms with van der Waals surface area (Å²) < 4.78 is 9.82. The standard InChI is InChI=1S/C16H20O3/c1-7-12(2)8-10-15(5)19-16(17)13(3)9-11-14(4)18-6/h8-11H,2-5,7H2,1,6H3/b10-8-,11-9-. The third-order valence-corrected chi connectivity index (χ3v) is 2.18. The lowest BCUT2D eigenvalue weighted by atomic mass is 10.2. The summed E-state index contributed by atoms with van der Waals surface area (Å²) >= 11 is 0. The Morgan fingerprint density at radius 1 is 1.00 bits per heavy atom. The highest BCUT2D eigenvalue weighted by Gasteiger charge is 2.06. The van der Waals surface area contributed by atoms with Gasteiger partial charge in [0.05, 0.1) is 12.7 Å². The summed E-state index contributed by atoms with van der Waals surface area (Å²) in [4.78, 5) is 11.6. The molecule has 0 unspecified atom stereocenters. The Morgan fingerprint density at radius 3 is 2.11 bits per heavy atom. The van der Waals surface area contributed by atoms with Crippen LogP contribution in [0.25, 0.3) is 0 Å². The van der Waals surface area contributed by atoms with Gasteiger partial charge in [0.25, 0.3) is 0 Å². The molecule has 0 heterocycles. The molecule has 19 heavy (non-hydrogen) atoms. The quantitative estimate of drug-likeness (QED) is 0.288. The molecule has 3 heteroatoms. The van der Waals surface area contributed by atoms with E-state index in [1.165, 1.54) is 19.3 Å². The summed E-state index contributed by atoms with van der Waals surface area (Å²) in [5.41, 5.74) is 1.11. The number of carbonyl (C=O) groups excluding carboxylic acids is 1. The van der Waals surface area contributed by atoms with Crippen LogP contribution in [-0.4, -0.2) is 13.1 Å². The molecule has 0 spiro atoms. The number of rotatable bonds is 8. The number of allylic oxidation sites excluding steroid dienone is 4. The van der Waals surface area contributed by atoms with Crippen molar-refractivity contribution >= 4 is 5.97 Å². The molecular formula is C16H20O3. The smallest absolute Gasteiger partial charge is 0.342 e. The molecule has 0 saturated heterocycles. The average molecular weight is 260 g/mol. The van der Waals surface area contributed by atoms with E-state index in [1.54, 1.807) is 12.2 Å². The molecule has 0 N–H and O–H groups in total. The Kier molecular flexibility index (Phi) is 7.70. The van der Waals surface area contributed by atoms with Gasteiger partial charge < -0.3 is 9.47 Å². The minimum absolute atomic E-state index is 0.182. The van der Waals surface area contributed by atoms with Crippen LogP contribution in [0.5, 0.6) is 0 Å². The van der Waals surface area contributed by atoms with E-state index in [4.69, 9.17) is 9.47 Å². The Bertz CT molecular complexity index is 451. The Morgan fingerprint density at radius 2 is 1.58 bits per heavy atom. The van der Waals surface area contributed by atoms with Crippen molar-refractivity contribution in [3.8, 4) is 0 Å². The summed E-state index contributed by atoms with van der Waals surface area (Å²) in [6.45, 7) is 16.6. The second kappa shape index (κ2) is 8.75. The van der Waals surface area contributed by atoms with Gasteiger partial charge in [0.2, 0.25) is 0 Å². The molecule has 0 aliphatic heterocycles. The molecule has 102 valence electrons. The molecule has 0 fully saturated rings. The van der Waals surface area contributed by atoms with Crippen LogP contribution in [0.1, 0.15) is 13.3 Å². The number of esters is 1. The molecule has 0 rings (SSSR count). The molecule has 0 saturated carbocycles. The largest absolute Gasteiger partial charge is 0.497 e. The molecule has 0 atom stereocenters. The van der Waals surface area contributed by atoms with Crippen LogP contribution in [0.15, 0.2) is 73.3 Å². The fourth-order valence-electron chi connectivity index (χ4n) is 0.877. The van der Waals surface area contributed by atoms with E-state index in [2.05, 4.69) is 26.3 Å². The van der Waals surface area contributed by atoms with E-state index in [-0.39, 0.29) is 11.3 Å². The fraction of sp³-hybridized carbons (Fsp3) is 0.188. The van der Waals surface area contributed by atoms with Gasteiger partial charge in [-0.15, -0.1) is 0 Å². The van der Waals surface area contributed by atoms with Gasteiger partial charge in [0.1, 0.15) is 11.5 Å². The van der Waals surface area contributed by atoms with Crippen molar-refractivity contribution in [1.82, 2.24) is 0 Å². The van der Waals surface area contributed by atoms with Gasteiger partial charge in [-0.2, -0.15) is 0 Å². The maximum atomic E-state index is 11.6. The van der Waals surface area contributed by atoms with E-state index in [9.17, 15) is 4.79 Å². The van der Waals surface area contributed by atoms with Crippen molar-refractivity contribution in [1.29, 1.82) is 0 Å². The summed E-state index contributed by atoms with van der Waals surface area (Å²) in [6.07, 6.45) is 7.17. The van der Waals surface area contributed by atoms with E-state index >= 15 is 0 Å². The van der Waals surface area contributed by atoms with Gasteiger partial charge in [0, 0.05) is 0 Å². The van der Waals surface area contributed by atoms with Crippen LogP contribution in [0, 0.1) is 0 Å².